The van der Waals surface area contributed by atoms with Crippen LogP contribution in [0.2, 0.25) is 0 Å². The van der Waals surface area contributed by atoms with Crippen LogP contribution in [-0.4, -0.2) is 10.8 Å². The Bertz CT molecular complexity index is 129. The van der Waals surface area contributed by atoms with E-state index in [-0.39, 0.29) is 0 Å². The highest BCUT2D eigenvalue weighted by atomic mass is 32.2. The van der Waals surface area contributed by atoms with Gasteiger partial charge in [0.25, 0.3) is 0 Å². The van der Waals surface area contributed by atoms with E-state index in [1.54, 1.807) is 19.1 Å². The molecule has 0 spiro atoms. The molecule has 0 aliphatic carbocycles. The van der Waals surface area contributed by atoms with Gasteiger partial charge in [0.1, 0.15) is 0 Å². The molecule has 2 nitrogen and oxygen atoms in total. The van der Waals surface area contributed by atoms with Crippen molar-refractivity contribution >= 4 is 11.1 Å². The van der Waals surface area contributed by atoms with E-state index in [4.69, 9.17) is 4.18 Å². The molecule has 0 amide bonds. The van der Waals surface area contributed by atoms with Crippen molar-refractivity contribution in [2.24, 2.45) is 0 Å². The van der Waals surface area contributed by atoms with Crippen molar-refractivity contribution in [3.05, 3.63) is 24.1 Å². The smallest absolute Gasteiger partial charge is 0.181 e. The van der Waals surface area contributed by atoms with Crippen molar-refractivity contribution in [3.8, 4) is 0 Å². The molecule has 0 aromatic heterocycles. The second kappa shape index (κ2) is 5.72. The highest BCUT2D eigenvalue weighted by Gasteiger charge is 1.87. The lowest BCUT2D eigenvalue weighted by Crippen LogP contribution is -1.91. The summed E-state index contributed by atoms with van der Waals surface area (Å²) in [4.78, 5) is 0. The topological polar surface area (TPSA) is 26.3 Å². The largest absolute Gasteiger partial charge is 0.283 e. The van der Waals surface area contributed by atoms with E-state index < -0.39 is 11.1 Å². The molecule has 0 fully saturated rings. The Balaban J connectivity index is 3.38. The van der Waals surface area contributed by atoms with Crippen molar-refractivity contribution in [3.63, 3.8) is 0 Å². The summed E-state index contributed by atoms with van der Waals surface area (Å²) in [5.74, 6) is 0. The van der Waals surface area contributed by atoms with Crippen molar-refractivity contribution in [2.75, 3.05) is 6.61 Å². The highest BCUT2D eigenvalue weighted by molar-refractivity contribution is 7.83. The third-order valence-corrected chi connectivity index (χ3v) is 1.41. The fraction of sp³-hybridized carbons (Fsp3) is 0.333. The van der Waals surface area contributed by atoms with Gasteiger partial charge in [-0.1, -0.05) is 12.2 Å². The standard InChI is InChI=1S/C6H10O2S/c1-3-5-8-9(7)6-4-2/h3-4,6H,1,5H2,2H3. The van der Waals surface area contributed by atoms with Gasteiger partial charge in [-0.25, -0.2) is 4.21 Å². The Morgan fingerprint density at radius 1 is 1.78 bits per heavy atom. The summed E-state index contributed by atoms with van der Waals surface area (Å²) in [5, 5.41) is 1.48. The highest BCUT2D eigenvalue weighted by Crippen LogP contribution is 1.86. The average molecular weight is 146 g/mol. The van der Waals surface area contributed by atoms with Crippen molar-refractivity contribution in [1.82, 2.24) is 0 Å². The molecule has 0 aliphatic rings. The zero-order valence-corrected chi connectivity index (χ0v) is 6.19. The minimum absolute atomic E-state index is 0.330. The average Bonchev–Trinajstić information content (AvgIpc) is 1.85. The van der Waals surface area contributed by atoms with Gasteiger partial charge in [-0.3, -0.25) is 4.18 Å². The first-order valence-corrected chi connectivity index (χ1v) is 3.72. The van der Waals surface area contributed by atoms with E-state index >= 15 is 0 Å². The molecule has 0 aromatic carbocycles. The van der Waals surface area contributed by atoms with Gasteiger partial charge >= 0.3 is 0 Å². The van der Waals surface area contributed by atoms with Crippen LogP contribution in [0.1, 0.15) is 6.92 Å². The van der Waals surface area contributed by atoms with Gasteiger partial charge in [-0.15, -0.1) is 6.58 Å². The van der Waals surface area contributed by atoms with Gasteiger partial charge in [0, 0.05) is 5.41 Å². The minimum atomic E-state index is -1.27. The van der Waals surface area contributed by atoms with E-state index in [9.17, 15) is 4.21 Å². The van der Waals surface area contributed by atoms with Crippen LogP contribution in [0.5, 0.6) is 0 Å². The second-order valence-corrected chi connectivity index (χ2v) is 2.33. The van der Waals surface area contributed by atoms with Crippen LogP contribution in [0, 0.1) is 0 Å². The van der Waals surface area contributed by atoms with Crippen LogP contribution >= 0.6 is 0 Å². The van der Waals surface area contributed by atoms with Gasteiger partial charge < -0.3 is 0 Å². The molecule has 0 saturated carbocycles. The van der Waals surface area contributed by atoms with Crippen LogP contribution in [0.15, 0.2) is 24.1 Å². The Morgan fingerprint density at radius 2 is 2.44 bits per heavy atom. The molecular weight excluding hydrogens is 136 g/mol. The van der Waals surface area contributed by atoms with Crippen LogP contribution in [-0.2, 0) is 15.3 Å². The molecule has 0 saturated heterocycles. The summed E-state index contributed by atoms with van der Waals surface area (Å²) in [5.41, 5.74) is 0. The fourth-order valence-corrected chi connectivity index (χ4v) is 0.797. The summed E-state index contributed by atoms with van der Waals surface area (Å²) in [7, 11) is 0. The normalized spacial score (nSPS) is 13.9. The zero-order valence-electron chi connectivity index (χ0n) is 5.37. The van der Waals surface area contributed by atoms with Crippen molar-refractivity contribution in [1.29, 1.82) is 0 Å². The maximum absolute atomic E-state index is 10.6. The summed E-state index contributed by atoms with van der Waals surface area (Å²) in [6.07, 6.45) is 3.24. The Hall–Kier alpha value is -0.410. The molecule has 1 unspecified atom stereocenters. The predicted octanol–water partition coefficient (Wildman–Crippen LogP) is 1.39. The monoisotopic (exact) mass is 146 g/mol. The summed E-state index contributed by atoms with van der Waals surface area (Å²) in [6, 6.07) is 0. The molecule has 0 aliphatic heterocycles. The lowest BCUT2D eigenvalue weighted by atomic mass is 10.7. The molecule has 52 valence electrons. The third kappa shape index (κ3) is 5.46. The van der Waals surface area contributed by atoms with Gasteiger partial charge in [0.05, 0.1) is 6.61 Å². The molecule has 0 aromatic rings. The van der Waals surface area contributed by atoms with E-state index in [1.807, 2.05) is 0 Å². The zero-order chi connectivity index (χ0) is 7.11. The molecule has 0 heterocycles. The number of rotatable bonds is 4. The molecule has 9 heavy (non-hydrogen) atoms. The van der Waals surface area contributed by atoms with E-state index in [2.05, 4.69) is 6.58 Å². The van der Waals surface area contributed by atoms with Crippen molar-refractivity contribution < 1.29 is 8.39 Å². The van der Waals surface area contributed by atoms with Crippen LogP contribution in [0.4, 0.5) is 0 Å². The third-order valence-electron chi connectivity index (χ3n) is 0.549. The van der Waals surface area contributed by atoms with Crippen molar-refractivity contribution in [2.45, 2.75) is 6.92 Å². The van der Waals surface area contributed by atoms with Gasteiger partial charge in [-0.05, 0) is 6.92 Å². The maximum atomic E-state index is 10.6. The number of hydrogen-bond donors (Lipinski definition) is 0. The molecule has 0 N–H and O–H groups in total. The van der Waals surface area contributed by atoms with Crippen LogP contribution < -0.4 is 0 Å². The summed E-state index contributed by atoms with van der Waals surface area (Å²) in [6.45, 7) is 5.53. The Labute approximate surface area is 57.9 Å². The Kier molecular flexibility index (Phi) is 5.46. The van der Waals surface area contributed by atoms with E-state index in [0.29, 0.717) is 6.61 Å². The number of allylic oxidation sites excluding steroid dienone is 1. The van der Waals surface area contributed by atoms with E-state index in [0.717, 1.165) is 0 Å². The van der Waals surface area contributed by atoms with Gasteiger partial charge in [0.15, 0.2) is 11.1 Å². The Morgan fingerprint density at radius 3 is 2.89 bits per heavy atom. The molecule has 0 bridgehead atoms. The summed E-state index contributed by atoms with van der Waals surface area (Å²) < 4.78 is 15.3. The van der Waals surface area contributed by atoms with Crippen LogP contribution in [0.3, 0.4) is 0 Å². The quantitative estimate of drug-likeness (QED) is 0.560. The second-order valence-electron chi connectivity index (χ2n) is 1.30. The molecular formula is C6H10O2S. The first-order valence-electron chi connectivity index (χ1n) is 2.58. The molecule has 3 heteroatoms. The van der Waals surface area contributed by atoms with Gasteiger partial charge in [-0.2, -0.15) is 0 Å². The fourth-order valence-electron chi connectivity index (χ4n) is 0.266. The predicted molar refractivity (Wildman–Crippen MR) is 39.1 cm³/mol. The van der Waals surface area contributed by atoms with Crippen LogP contribution in [0.25, 0.3) is 0 Å². The number of hydrogen-bond acceptors (Lipinski definition) is 2. The van der Waals surface area contributed by atoms with Gasteiger partial charge in [0.2, 0.25) is 0 Å². The summed E-state index contributed by atoms with van der Waals surface area (Å²) >= 11 is -1.27. The molecule has 0 rings (SSSR count). The first-order chi connectivity index (χ1) is 4.31. The lowest BCUT2D eigenvalue weighted by molar-refractivity contribution is 0.401. The van der Waals surface area contributed by atoms with E-state index in [1.165, 1.54) is 5.41 Å². The SMILES string of the molecule is C=CCOS(=O)C=CC. The first kappa shape index (κ1) is 8.59. The minimum Gasteiger partial charge on any atom is -0.283 e. The lowest BCUT2D eigenvalue weighted by Gasteiger charge is -1.90. The molecule has 1 atom stereocenters. The maximum Gasteiger partial charge on any atom is 0.181 e. The molecule has 0 radical (unpaired) electrons.